The van der Waals surface area contributed by atoms with Crippen molar-refractivity contribution in [2.45, 2.75) is 116 Å². The molecule has 2 atom stereocenters. The Labute approximate surface area is 161 Å². The first-order valence-electron chi connectivity index (χ1n) is 10.9. The van der Waals surface area contributed by atoms with Crippen LogP contribution in [-0.4, -0.2) is 34.9 Å². The van der Waals surface area contributed by atoms with Crippen molar-refractivity contribution >= 4 is 5.91 Å². The van der Waals surface area contributed by atoms with E-state index in [1.54, 1.807) is 6.08 Å². The van der Waals surface area contributed by atoms with Gasteiger partial charge >= 0.3 is 0 Å². The van der Waals surface area contributed by atoms with E-state index in [0.717, 1.165) is 25.7 Å². The minimum Gasteiger partial charge on any atom is -0.394 e. The fourth-order valence-electron chi connectivity index (χ4n) is 3.00. The van der Waals surface area contributed by atoms with Crippen molar-refractivity contribution in [1.29, 1.82) is 0 Å². The van der Waals surface area contributed by atoms with E-state index >= 15 is 0 Å². The highest BCUT2D eigenvalue weighted by atomic mass is 16.3. The molecule has 0 radical (unpaired) electrons. The van der Waals surface area contributed by atoms with E-state index in [1.165, 1.54) is 57.8 Å². The van der Waals surface area contributed by atoms with Crippen LogP contribution in [0.4, 0.5) is 0 Å². The van der Waals surface area contributed by atoms with Gasteiger partial charge in [0.2, 0.25) is 5.91 Å². The van der Waals surface area contributed by atoms with Gasteiger partial charge in [0.05, 0.1) is 18.8 Å². The van der Waals surface area contributed by atoms with Crippen LogP contribution < -0.4 is 5.32 Å². The van der Waals surface area contributed by atoms with E-state index in [-0.39, 0.29) is 12.5 Å². The highest BCUT2D eigenvalue weighted by Crippen LogP contribution is 2.10. The first-order chi connectivity index (χ1) is 12.7. The molecule has 2 unspecified atom stereocenters. The second-order valence-electron chi connectivity index (χ2n) is 7.35. The fraction of sp³-hybridized carbons (Fsp3) is 0.864. The third-order valence-corrected chi connectivity index (χ3v) is 4.77. The summed E-state index contributed by atoms with van der Waals surface area (Å²) in [7, 11) is 0. The van der Waals surface area contributed by atoms with E-state index in [2.05, 4.69) is 19.2 Å². The average Bonchev–Trinajstić information content (AvgIpc) is 2.64. The number of carbonyl (C=O) groups is 1. The molecule has 0 aromatic heterocycles. The number of hydrogen-bond donors (Lipinski definition) is 3. The van der Waals surface area contributed by atoms with Crippen LogP contribution in [0.1, 0.15) is 104 Å². The standard InChI is InChI=1S/C22H43NO3/c1-3-5-7-9-11-12-14-16-18-22(26)23-20(19-24)21(25)17-15-13-10-8-6-4-2/h15,17,20-21,24-25H,3-14,16,18-19H2,1-2H3,(H,23,26)/b17-15+. The lowest BCUT2D eigenvalue weighted by molar-refractivity contribution is -0.123. The Morgan fingerprint density at radius 1 is 0.885 bits per heavy atom. The predicted molar refractivity (Wildman–Crippen MR) is 110 cm³/mol. The van der Waals surface area contributed by atoms with Crippen LogP contribution >= 0.6 is 0 Å². The maximum Gasteiger partial charge on any atom is 0.220 e. The summed E-state index contributed by atoms with van der Waals surface area (Å²) in [6, 6.07) is -0.608. The zero-order chi connectivity index (χ0) is 19.5. The zero-order valence-corrected chi connectivity index (χ0v) is 17.2. The van der Waals surface area contributed by atoms with Gasteiger partial charge in [0, 0.05) is 6.42 Å². The average molecular weight is 370 g/mol. The molecule has 3 N–H and O–H groups in total. The first-order valence-corrected chi connectivity index (χ1v) is 10.9. The maximum absolute atomic E-state index is 12.0. The largest absolute Gasteiger partial charge is 0.394 e. The van der Waals surface area contributed by atoms with Gasteiger partial charge in [-0.25, -0.2) is 0 Å². The van der Waals surface area contributed by atoms with Crippen LogP contribution in [0, 0.1) is 0 Å². The van der Waals surface area contributed by atoms with Crippen LogP contribution in [0.25, 0.3) is 0 Å². The van der Waals surface area contributed by atoms with Crippen molar-refractivity contribution in [1.82, 2.24) is 5.32 Å². The number of nitrogens with one attached hydrogen (secondary N) is 1. The first kappa shape index (κ1) is 25.1. The lowest BCUT2D eigenvalue weighted by Crippen LogP contribution is -2.45. The number of hydrogen-bond acceptors (Lipinski definition) is 3. The summed E-state index contributed by atoms with van der Waals surface area (Å²) in [5, 5.41) is 22.3. The van der Waals surface area contributed by atoms with Crippen LogP contribution in [0.2, 0.25) is 0 Å². The molecule has 0 aromatic carbocycles. The van der Waals surface area contributed by atoms with E-state index in [1.807, 2.05) is 6.08 Å². The van der Waals surface area contributed by atoms with Gasteiger partial charge in [0.25, 0.3) is 0 Å². The van der Waals surface area contributed by atoms with E-state index in [0.29, 0.717) is 6.42 Å². The summed E-state index contributed by atoms with van der Waals surface area (Å²) in [6.45, 7) is 4.16. The molecule has 0 heterocycles. The molecule has 0 fully saturated rings. The van der Waals surface area contributed by atoms with Crippen molar-refractivity contribution in [2.24, 2.45) is 0 Å². The Kier molecular flexibility index (Phi) is 18.3. The Bertz CT molecular complexity index is 344. The van der Waals surface area contributed by atoms with E-state index < -0.39 is 12.1 Å². The lowest BCUT2D eigenvalue weighted by Gasteiger charge is -2.20. The number of aliphatic hydroxyl groups excluding tert-OH is 2. The van der Waals surface area contributed by atoms with Crippen LogP contribution in [0.3, 0.4) is 0 Å². The molecule has 4 heteroatoms. The minimum atomic E-state index is -0.825. The van der Waals surface area contributed by atoms with E-state index in [4.69, 9.17) is 0 Å². The Morgan fingerprint density at radius 3 is 2.00 bits per heavy atom. The molecule has 1 amide bonds. The lowest BCUT2D eigenvalue weighted by atomic mass is 10.1. The number of amides is 1. The smallest absolute Gasteiger partial charge is 0.220 e. The van der Waals surface area contributed by atoms with Gasteiger partial charge in [-0.3, -0.25) is 4.79 Å². The van der Waals surface area contributed by atoms with Gasteiger partial charge in [-0.05, 0) is 19.3 Å². The van der Waals surface area contributed by atoms with Gasteiger partial charge in [0.15, 0.2) is 0 Å². The van der Waals surface area contributed by atoms with Crippen molar-refractivity contribution in [2.75, 3.05) is 6.61 Å². The summed E-state index contributed by atoms with van der Waals surface area (Å²) in [6.07, 6.45) is 18.6. The SMILES string of the molecule is CCCCCC/C=C/C(O)C(CO)NC(=O)CCCCCCCCCC. The molecule has 26 heavy (non-hydrogen) atoms. The van der Waals surface area contributed by atoms with Crippen molar-refractivity contribution in [3.05, 3.63) is 12.2 Å². The van der Waals surface area contributed by atoms with Gasteiger partial charge in [-0.2, -0.15) is 0 Å². The van der Waals surface area contributed by atoms with Gasteiger partial charge < -0.3 is 15.5 Å². The highest BCUT2D eigenvalue weighted by molar-refractivity contribution is 5.76. The molecular weight excluding hydrogens is 326 g/mol. The second kappa shape index (κ2) is 18.9. The Morgan fingerprint density at radius 2 is 1.42 bits per heavy atom. The summed E-state index contributed by atoms with van der Waals surface area (Å²) < 4.78 is 0. The minimum absolute atomic E-state index is 0.0783. The monoisotopic (exact) mass is 369 g/mol. The molecule has 0 aromatic rings. The van der Waals surface area contributed by atoms with Gasteiger partial charge in [0.1, 0.15) is 0 Å². The number of aliphatic hydroxyl groups is 2. The third kappa shape index (κ3) is 15.4. The normalized spacial score (nSPS) is 13.8. The number of rotatable bonds is 18. The molecule has 0 bridgehead atoms. The quantitative estimate of drug-likeness (QED) is 0.238. The van der Waals surface area contributed by atoms with Crippen molar-refractivity contribution in [3.63, 3.8) is 0 Å². The van der Waals surface area contributed by atoms with Gasteiger partial charge in [-0.1, -0.05) is 90.2 Å². The fourth-order valence-corrected chi connectivity index (χ4v) is 3.00. The summed E-state index contributed by atoms with van der Waals surface area (Å²) in [4.78, 5) is 12.0. The molecule has 0 spiro atoms. The molecule has 154 valence electrons. The molecule has 0 aliphatic heterocycles. The highest BCUT2D eigenvalue weighted by Gasteiger charge is 2.17. The Hall–Kier alpha value is -0.870. The second-order valence-corrected chi connectivity index (χ2v) is 7.35. The predicted octanol–water partition coefficient (Wildman–Crippen LogP) is 4.88. The van der Waals surface area contributed by atoms with Crippen LogP contribution in [0.5, 0.6) is 0 Å². The molecule has 0 saturated carbocycles. The summed E-state index contributed by atoms with van der Waals surface area (Å²) >= 11 is 0. The van der Waals surface area contributed by atoms with Crippen LogP contribution in [0.15, 0.2) is 12.2 Å². The topological polar surface area (TPSA) is 69.6 Å². The molecule has 4 nitrogen and oxygen atoms in total. The van der Waals surface area contributed by atoms with Crippen LogP contribution in [-0.2, 0) is 4.79 Å². The van der Waals surface area contributed by atoms with Crippen molar-refractivity contribution < 1.29 is 15.0 Å². The summed E-state index contributed by atoms with van der Waals surface area (Å²) in [5.41, 5.74) is 0. The molecule has 0 rings (SSSR count). The summed E-state index contributed by atoms with van der Waals surface area (Å²) in [5.74, 6) is -0.0783. The number of allylic oxidation sites excluding steroid dienone is 1. The third-order valence-electron chi connectivity index (χ3n) is 4.77. The Balaban J connectivity index is 3.81. The molecular formula is C22H43NO3. The number of carbonyl (C=O) groups excluding carboxylic acids is 1. The van der Waals surface area contributed by atoms with Crippen molar-refractivity contribution in [3.8, 4) is 0 Å². The van der Waals surface area contributed by atoms with Gasteiger partial charge in [-0.15, -0.1) is 0 Å². The molecule has 0 saturated heterocycles. The van der Waals surface area contributed by atoms with E-state index in [9.17, 15) is 15.0 Å². The molecule has 0 aliphatic rings. The molecule has 0 aliphatic carbocycles. The zero-order valence-electron chi connectivity index (χ0n) is 17.2. The number of unbranched alkanes of at least 4 members (excludes halogenated alkanes) is 11. The maximum atomic E-state index is 12.0.